The number of rotatable bonds is 7. The standard InChI is InChI=1S/C18H25NO14/c20-4-9-11(22)13(24)15(26)17(32-9)30-6-1-2-8(7(3-6)19(28)29)31-18-16(27)14(25)12(23)10(5-21)33-18/h1-3,9-18,20-27H,4-5H2. The van der Waals surface area contributed by atoms with Gasteiger partial charge in [-0.15, -0.1) is 0 Å². The number of hydrogen-bond acceptors (Lipinski definition) is 14. The maximum atomic E-state index is 11.5. The normalized spacial score (nSPS) is 39.2. The third-order valence-electron chi connectivity index (χ3n) is 5.32. The summed E-state index contributed by atoms with van der Waals surface area (Å²) in [6, 6.07) is 3.09. The molecule has 1 aromatic carbocycles. The zero-order chi connectivity index (χ0) is 24.4. The van der Waals surface area contributed by atoms with Crippen molar-refractivity contribution in [1.29, 1.82) is 0 Å². The van der Waals surface area contributed by atoms with Gasteiger partial charge in [0, 0.05) is 0 Å². The molecule has 10 atom stereocenters. The molecule has 0 amide bonds. The zero-order valence-electron chi connectivity index (χ0n) is 16.9. The van der Waals surface area contributed by atoms with E-state index in [1.54, 1.807) is 0 Å². The van der Waals surface area contributed by atoms with E-state index >= 15 is 0 Å². The molecule has 2 saturated heterocycles. The topological polar surface area (TPSA) is 242 Å². The fourth-order valence-corrected chi connectivity index (χ4v) is 3.40. The molecule has 0 saturated carbocycles. The maximum Gasteiger partial charge on any atom is 0.314 e. The van der Waals surface area contributed by atoms with E-state index in [9.17, 15) is 51.0 Å². The van der Waals surface area contributed by atoms with Gasteiger partial charge in [-0.2, -0.15) is 0 Å². The first kappa shape index (κ1) is 25.4. The average molecular weight is 479 g/mol. The zero-order valence-corrected chi connectivity index (χ0v) is 16.9. The molecule has 0 spiro atoms. The van der Waals surface area contributed by atoms with Crippen molar-refractivity contribution in [3.63, 3.8) is 0 Å². The van der Waals surface area contributed by atoms with Crippen LogP contribution in [0.1, 0.15) is 0 Å². The van der Waals surface area contributed by atoms with Crippen LogP contribution >= 0.6 is 0 Å². The van der Waals surface area contributed by atoms with Gasteiger partial charge in [-0.05, 0) is 12.1 Å². The Morgan fingerprint density at radius 1 is 0.788 bits per heavy atom. The second kappa shape index (κ2) is 10.4. The summed E-state index contributed by atoms with van der Waals surface area (Å²) in [7, 11) is 0. The number of nitrogens with zero attached hydrogens (tertiary/aromatic N) is 1. The Morgan fingerprint density at radius 3 is 1.73 bits per heavy atom. The maximum absolute atomic E-state index is 11.5. The molecular weight excluding hydrogens is 454 g/mol. The average Bonchev–Trinajstić information content (AvgIpc) is 2.80. The van der Waals surface area contributed by atoms with Crippen molar-refractivity contribution in [2.24, 2.45) is 0 Å². The monoisotopic (exact) mass is 479 g/mol. The Balaban J connectivity index is 1.79. The Labute approximate surface area is 185 Å². The molecule has 15 nitrogen and oxygen atoms in total. The highest BCUT2D eigenvalue weighted by Crippen LogP contribution is 2.35. The van der Waals surface area contributed by atoms with Crippen molar-refractivity contribution in [2.75, 3.05) is 13.2 Å². The van der Waals surface area contributed by atoms with Crippen LogP contribution < -0.4 is 9.47 Å². The Morgan fingerprint density at radius 2 is 1.27 bits per heavy atom. The molecule has 1 aromatic rings. The minimum absolute atomic E-state index is 0.216. The molecule has 0 aromatic heterocycles. The van der Waals surface area contributed by atoms with Gasteiger partial charge >= 0.3 is 5.69 Å². The quantitative estimate of drug-likeness (QED) is 0.137. The van der Waals surface area contributed by atoms with Gasteiger partial charge in [0.1, 0.15) is 54.6 Å². The summed E-state index contributed by atoms with van der Waals surface area (Å²) in [5.74, 6) is -0.641. The molecule has 0 radical (unpaired) electrons. The van der Waals surface area contributed by atoms with Crippen LogP contribution in [0, 0.1) is 10.1 Å². The van der Waals surface area contributed by atoms with E-state index < -0.39 is 91.0 Å². The van der Waals surface area contributed by atoms with Crippen LogP contribution in [-0.4, -0.2) is 120 Å². The van der Waals surface area contributed by atoms with E-state index in [4.69, 9.17) is 18.9 Å². The molecule has 8 N–H and O–H groups in total. The lowest BCUT2D eigenvalue weighted by atomic mass is 9.99. The molecule has 10 unspecified atom stereocenters. The van der Waals surface area contributed by atoms with Crippen molar-refractivity contribution in [1.82, 2.24) is 0 Å². The summed E-state index contributed by atoms with van der Waals surface area (Å²) in [5, 5.41) is 89.4. The summed E-state index contributed by atoms with van der Waals surface area (Å²) in [6.07, 6.45) is -16.1. The summed E-state index contributed by atoms with van der Waals surface area (Å²) < 4.78 is 21.0. The van der Waals surface area contributed by atoms with Crippen molar-refractivity contribution >= 4 is 5.69 Å². The molecule has 2 fully saturated rings. The molecule has 186 valence electrons. The van der Waals surface area contributed by atoms with Crippen LogP contribution in [0.2, 0.25) is 0 Å². The molecule has 15 heteroatoms. The van der Waals surface area contributed by atoms with Gasteiger partial charge in [-0.1, -0.05) is 0 Å². The largest absolute Gasteiger partial charge is 0.462 e. The third kappa shape index (κ3) is 5.17. The second-order valence-corrected chi connectivity index (χ2v) is 7.52. The van der Waals surface area contributed by atoms with E-state index in [0.29, 0.717) is 0 Å². The van der Waals surface area contributed by atoms with Crippen LogP contribution in [0.3, 0.4) is 0 Å². The fraction of sp³-hybridized carbons (Fsp3) is 0.667. The van der Waals surface area contributed by atoms with Crippen molar-refractivity contribution < 1.29 is 64.7 Å². The lowest BCUT2D eigenvalue weighted by Crippen LogP contribution is -2.60. The van der Waals surface area contributed by atoms with Gasteiger partial charge < -0.3 is 59.8 Å². The summed E-state index contributed by atoms with van der Waals surface area (Å²) in [5.41, 5.74) is -0.686. The smallest absolute Gasteiger partial charge is 0.314 e. The molecule has 2 heterocycles. The van der Waals surface area contributed by atoms with Crippen molar-refractivity contribution in [2.45, 2.75) is 61.4 Å². The van der Waals surface area contributed by atoms with Crippen LogP contribution in [0.4, 0.5) is 5.69 Å². The molecule has 0 bridgehead atoms. The molecule has 2 aliphatic rings. The van der Waals surface area contributed by atoms with Gasteiger partial charge in [0.2, 0.25) is 18.3 Å². The van der Waals surface area contributed by atoms with Crippen LogP contribution in [-0.2, 0) is 9.47 Å². The highest BCUT2D eigenvalue weighted by Gasteiger charge is 2.46. The first-order chi connectivity index (χ1) is 15.6. The minimum Gasteiger partial charge on any atom is -0.462 e. The molecule has 2 aliphatic heterocycles. The lowest BCUT2D eigenvalue weighted by molar-refractivity contribution is -0.387. The summed E-state index contributed by atoms with van der Waals surface area (Å²) in [6.45, 7) is -1.42. The lowest BCUT2D eigenvalue weighted by Gasteiger charge is -2.39. The number of ether oxygens (including phenoxy) is 4. The van der Waals surface area contributed by atoms with Crippen LogP contribution in [0.25, 0.3) is 0 Å². The van der Waals surface area contributed by atoms with E-state index in [-0.39, 0.29) is 5.75 Å². The predicted octanol–water partition coefficient (Wildman–Crippen LogP) is -4.05. The fourth-order valence-electron chi connectivity index (χ4n) is 3.40. The number of hydrogen-bond donors (Lipinski definition) is 8. The first-order valence-electron chi connectivity index (χ1n) is 9.81. The number of aliphatic hydroxyl groups is 8. The van der Waals surface area contributed by atoms with Crippen LogP contribution in [0.5, 0.6) is 11.5 Å². The SMILES string of the molecule is O=[N+]([O-])c1cc(OC2OC(CO)C(O)C(O)C2O)ccc1OC1OC(CO)C(O)C(O)C1O. The molecular formula is C18H25NO14. The highest BCUT2D eigenvalue weighted by molar-refractivity contribution is 5.51. The van der Waals surface area contributed by atoms with Crippen molar-refractivity contribution in [3.05, 3.63) is 28.3 Å². The Bertz CT molecular complexity index is 821. The molecule has 0 aliphatic carbocycles. The predicted molar refractivity (Wildman–Crippen MR) is 102 cm³/mol. The second-order valence-electron chi connectivity index (χ2n) is 7.52. The Kier molecular flexibility index (Phi) is 8.01. The van der Waals surface area contributed by atoms with Crippen molar-refractivity contribution in [3.8, 4) is 11.5 Å². The van der Waals surface area contributed by atoms with Gasteiger partial charge in [-0.3, -0.25) is 10.1 Å². The molecule has 3 rings (SSSR count). The van der Waals surface area contributed by atoms with E-state index in [1.807, 2.05) is 0 Å². The van der Waals surface area contributed by atoms with E-state index in [1.165, 1.54) is 0 Å². The number of nitro groups is 1. The molecule has 33 heavy (non-hydrogen) atoms. The number of aliphatic hydroxyl groups excluding tert-OH is 8. The van der Waals surface area contributed by atoms with E-state index in [0.717, 1.165) is 18.2 Å². The van der Waals surface area contributed by atoms with E-state index in [2.05, 4.69) is 0 Å². The van der Waals surface area contributed by atoms with Gasteiger partial charge in [0.25, 0.3) is 0 Å². The highest BCUT2D eigenvalue weighted by atomic mass is 16.7. The number of nitro benzene ring substituents is 1. The van der Waals surface area contributed by atoms with Gasteiger partial charge in [-0.25, -0.2) is 0 Å². The Hall–Kier alpha value is -2.18. The number of benzene rings is 1. The van der Waals surface area contributed by atoms with Gasteiger partial charge in [0.15, 0.2) is 0 Å². The van der Waals surface area contributed by atoms with Crippen LogP contribution in [0.15, 0.2) is 18.2 Å². The van der Waals surface area contributed by atoms with Gasteiger partial charge in [0.05, 0.1) is 24.2 Å². The summed E-state index contributed by atoms with van der Waals surface area (Å²) >= 11 is 0. The minimum atomic E-state index is -1.80. The summed E-state index contributed by atoms with van der Waals surface area (Å²) in [4.78, 5) is 10.7. The third-order valence-corrected chi connectivity index (χ3v) is 5.32. The first-order valence-corrected chi connectivity index (χ1v) is 9.81.